The van der Waals surface area contributed by atoms with Crippen LogP contribution in [0.15, 0.2) is 47.5 Å². The molecule has 4 nitrogen and oxygen atoms in total. The van der Waals surface area contributed by atoms with Gasteiger partial charge in [-0.15, -0.1) is 0 Å². The third kappa shape index (κ3) is 2.32. The third-order valence-corrected chi connectivity index (χ3v) is 3.44. The van der Waals surface area contributed by atoms with Gasteiger partial charge in [-0.2, -0.15) is 0 Å². The monoisotopic (exact) mass is 283 g/mol. The van der Waals surface area contributed by atoms with Crippen LogP contribution in [0.1, 0.15) is 16.7 Å². The SMILES string of the molecule is Cc1cccc2c1NC(=O)C(N)N=C2c1ccccc1F. The van der Waals surface area contributed by atoms with Crippen LogP contribution in [0, 0.1) is 12.7 Å². The molecule has 1 unspecified atom stereocenters. The van der Waals surface area contributed by atoms with E-state index in [0.717, 1.165) is 5.56 Å². The van der Waals surface area contributed by atoms with Gasteiger partial charge in [-0.1, -0.05) is 30.3 Å². The van der Waals surface area contributed by atoms with E-state index in [1.165, 1.54) is 6.07 Å². The second-order valence-corrected chi connectivity index (χ2v) is 4.89. The molecule has 0 radical (unpaired) electrons. The van der Waals surface area contributed by atoms with E-state index >= 15 is 0 Å². The Balaban J connectivity index is 2.28. The number of fused-ring (bicyclic) bond motifs is 1. The predicted octanol–water partition coefficient (Wildman–Crippen LogP) is 2.21. The molecule has 1 aliphatic heterocycles. The van der Waals surface area contributed by atoms with Crippen LogP contribution in [0.3, 0.4) is 0 Å². The molecule has 0 bridgehead atoms. The van der Waals surface area contributed by atoms with Gasteiger partial charge >= 0.3 is 0 Å². The van der Waals surface area contributed by atoms with Crippen molar-refractivity contribution < 1.29 is 9.18 Å². The lowest BCUT2D eigenvalue weighted by atomic mass is 9.98. The minimum absolute atomic E-state index is 0.330. The number of carbonyl (C=O) groups excluding carboxylic acids is 1. The molecule has 0 fully saturated rings. The smallest absolute Gasteiger partial charge is 0.263 e. The molecule has 0 spiro atoms. The number of rotatable bonds is 1. The molecule has 3 N–H and O–H groups in total. The topological polar surface area (TPSA) is 67.5 Å². The van der Waals surface area contributed by atoms with Gasteiger partial charge in [-0.25, -0.2) is 4.39 Å². The lowest BCUT2D eigenvalue weighted by molar-refractivity contribution is -0.117. The third-order valence-electron chi connectivity index (χ3n) is 3.44. The van der Waals surface area contributed by atoms with E-state index < -0.39 is 17.9 Å². The zero-order chi connectivity index (χ0) is 15.0. The second kappa shape index (κ2) is 5.10. The van der Waals surface area contributed by atoms with Crippen molar-refractivity contribution in [3.63, 3.8) is 0 Å². The Hall–Kier alpha value is -2.53. The molecule has 1 amide bonds. The van der Waals surface area contributed by atoms with E-state index in [-0.39, 0.29) is 0 Å². The summed E-state index contributed by atoms with van der Waals surface area (Å²) in [6, 6.07) is 11.8. The number of anilines is 1. The summed E-state index contributed by atoms with van der Waals surface area (Å²) in [6.45, 7) is 1.87. The minimum atomic E-state index is -1.06. The van der Waals surface area contributed by atoms with Gasteiger partial charge in [0.25, 0.3) is 5.91 Å². The highest BCUT2D eigenvalue weighted by Crippen LogP contribution is 2.27. The molecule has 0 saturated carbocycles. The van der Waals surface area contributed by atoms with Gasteiger partial charge in [0, 0.05) is 11.1 Å². The molecule has 1 heterocycles. The number of hydrogen-bond acceptors (Lipinski definition) is 3. The summed E-state index contributed by atoms with van der Waals surface area (Å²) in [4.78, 5) is 16.2. The normalized spacial score (nSPS) is 17.6. The average Bonchev–Trinajstić information content (AvgIpc) is 2.59. The summed E-state index contributed by atoms with van der Waals surface area (Å²) in [5.41, 5.74) is 8.64. The van der Waals surface area contributed by atoms with Crippen molar-refractivity contribution in [1.82, 2.24) is 0 Å². The lowest BCUT2D eigenvalue weighted by Crippen LogP contribution is -2.33. The molecule has 21 heavy (non-hydrogen) atoms. The highest BCUT2D eigenvalue weighted by atomic mass is 19.1. The summed E-state index contributed by atoms with van der Waals surface area (Å²) in [5, 5.41) is 2.76. The molecule has 0 aliphatic carbocycles. The molecule has 1 aliphatic rings. The van der Waals surface area contributed by atoms with Crippen molar-refractivity contribution >= 4 is 17.3 Å². The number of nitrogens with zero attached hydrogens (tertiary/aromatic N) is 1. The molecule has 3 rings (SSSR count). The number of nitrogens with one attached hydrogen (secondary N) is 1. The molecule has 106 valence electrons. The van der Waals surface area contributed by atoms with E-state index in [4.69, 9.17) is 5.73 Å². The fourth-order valence-corrected chi connectivity index (χ4v) is 2.36. The first-order chi connectivity index (χ1) is 10.1. The van der Waals surface area contributed by atoms with E-state index in [9.17, 15) is 9.18 Å². The molecule has 0 aromatic heterocycles. The minimum Gasteiger partial charge on any atom is -0.322 e. The van der Waals surface area contributed by atoms with Crippen LogP contribution in [0.4, 0.5) is 10.1 Å². The zero-order valence-electron chi connectivity index (χ0n) is 11.4. The van der Waals surface area contributed by atoms with Crippen molar-refractivity contribution in [2.75, 3.05) is 5.32 Å². The molecule has 0 saturated heterocycles. The van der Waals surface area contributed by atoms with Gasteiger partial charge in [0.1, 0.15) is 5.82 Å². The van der Waals surface area contributed by atoms with Gasteiger partial charge in [-0.05, 0) is 24.6 Å². The van der Waals surface area contributed by atoms with E-state index in [1.54, 1.807) is 24.3 Å². The molecule has 2 aromatic carbocycles. The van der Waals surface area contributed by atoms with Crippen molar-refractivity contribution in [2.24, 2.45) is 10.7 Å². The van der Waals surface area contributed by atoms with Gasteiger partial charge in [0.2, 0.25) is 0 Å². The molecular formula is C16H14FN3O. The summed E-state index contributed by atoms with van der Waals surface area (Å²) < 4.78 is 14.1. The van der Waals surface area contributed by atoms with Gasteiger partial charge in [0.15, 0.2) is 6.17 Å². The molecule has 2 aromatic rings. The number of nitrogens with two attached hydrogens (primary N) is 1. The van der Waals surface area contributed by atoms with E-state index in [1.807, 2.05) is 19.1 Å². The summed E-state index contributed by atoms with van der Waals surface area (Å²) >= 11 is 0. The van der Waals surface area contributed by atoms with Crippen molar-refractivity contribution in [1.29, 1.82) is 0 Å². The van der Waals surface area contributed by atoms with Crippen LogP contribution >= 0.6 is 0 Å². The summed E-state index contributed by atoms with van der Waals surface area (Å²) in [5.74, 6) is -0.804. The standard InChI is InChI=1S/C16H14FN3O/c1-9-5-4-7-11-13(9)20-16(21)15(18)19-14(11)10-6-2-3-8-12(10)17/h2-8,15H,18H2,1H3,(H,20,21). The van der Waals surface area contributed by atoms with Crippen LogP contribution in [0.5, 0.6) is 0 Å². The highest BCUT2D eigenvalue weighted by molar-refractivity contribution is 6.20. The molecule has 5 heteroatoms. The van der Waals surface area contributed by atoms with Crippen molar-refractivity contribution in [2.45, 2.75) is 13.1 Å². The second-order valence-electron chi connectivity index (χ2n) is 4.89. The predicted molar refractivity (Wildman–Crippen MR) is 79.8 cm³/mol. The van der Waals surface area contributed by atoms with Crippen LogP contribution < -0.4 is 11.1 Å². The van der Waals surface area contributed by atoms with Gasteiger partial charge < -0.3 is 11.1 Å². The van der Waals surface area contributed by atoms with E-state index in [2.05, 4.69) is 10.3 Å². The lowest BCUT2D eigenvalue weighted by Gasteiger charge is -2.12. The Kier molecular flexibility index (Phi) is 3.27. The van der Waals surface area contributed by atoms with Gasteiger partial charge in [0.05, 0.1) is 11.4 Å². The maximum absolute atomic E-state index is 14.1. The molecule has 1 atom stereocenters. The number of para-hydroxylation sites is 1. The number of hydrogen-bond donors (Lipinski definition) is 2. The number of aryl methyl sites for hydroxylation is 1. The fraction of sp³-hybridized carbons (Fsp3) is 0.125. The van der Waals surface area contributed by atoms with Crippen LogP contribution in [-0.2, 0) is 4.79 Å². The first-order valence-corrected chi connectivity index (χ1v) is 6.57. The van der Waals surface area contributed by atoms with Crippen LogP contribution in [0.25, 0.3) is 0 Å². The highest BCUT2D eigenvalue weighted by Gasteiger charge is 2.25. The Morgan fingerprint density at radius 2 is 1.86 bits per heavy atom. The van der Waals surface area contributed by atoms with Crippen molar-refractivity contribution in [3.8, 4) is 0 Å². The largest absolute Gasteiger partial charge is 0.322 e. The zero-order valence-corrected chi connectivity index (χ0v) is 11.4. The molecular weight excluding hydrogens is 269 g/mol. The maximum atomic E-state index is 14.1. The number of carbonyl (C=O) groups is 1. The quantitative estimate of drug-likeness (QED) is 0.842. The number of aliphatic imine (C=N–C) groups is 1. The first-order valence-electron chi connectivity index (χ1n) is 6.57. The van der Waals surface area contributed by atoms with E-state index in [0.29, 0.717) is 22.5 Å². The Morgan fingerprint density at radius 3 is 2.62 bits per heavy atom. The number of benzene rings is 2. The van der Waals surface area contributed by atoms with Crippen LogP contribution in [-0.4, -0.2) is 17.8 Å². The first kappa shape index (κ1) is 13.5. The number of amides is 1. The Morgan fingerprint density at radius 1 is 1.14 bits per heavy atom. The van der Waals surface area contributed by atoms with Crippen LogP contribution in [0.2, 0.25) is 0 Å². The fourth-order valence-electron chi connectivity index (χ4n) is 2.36. The average molecular weight is 283 g/mol. The summed E-state index contributed by atoms with van der Waals surface area (Å²) in [7, 11) is 0. The summed E-state index contributed by atoms with van der Waals surface area (Å²) in [6.07, 6.45) is -1.06. The maximum Gasteiger partial charge on any atom is 0.263 e. The number of benzodiazepines with no additional fused rings is 1. The Labute approximate surface area is 121 Å². The number of halogens is 1. The van der Waals surface area contributed by atoms with Gasteiger partial charge in [-0.3, -0.25) is 9.79 Å². The van der Waals surface area contributed by atoms with Crippen molar-refractivity contribution in [3.05, 3.63) is 65.0 Å². The Bertz CT molecular complexity index is 755.